The summed E-state index contributed by atoms with van der Waals surface area (Å²) in [5, 5.41) is 0. The minimum atomic E-state index is 0.530. The summed E-state index contributed by atoms with van der Waals surface area (Å²) in [5.41, 5.74) is 3.74. The maximum Gasteiger partial charge on any atom is -0.0218 e. The molecule has 0 saturated carbocycles. The minimum Gasteiger partial charge on any atom is -0.0985 e. The van der Waals surface area contributed by atoms with E-state index >= 15 is 0 Å². The maximum absolute atomic E-state index is 3.99. The van der Waals surface area contributed by atoms with Crippen LogP contribution in [0, 0.1) is 11.8 Å². The highest BCUT2D eigenvalue weighted by atomic mass is 14.1. The topological polar surface area (TPSA) is 0 Å². The van der Waals surface area contributed by atoms with Gasteiger partial charge >= 0.3 is 0 Å². The van der Waals surface area contributed by atoms with E-state index in [0.717, 1.165) is 17.9 Å². The first kappa shape index (κ1) is 19.4. The molecule has 0 N–H and O–H groups in total. The fourth-order valence-electron chi connectivity index (χ4n) is 2.39. The number of allylic oxidation sites excluding steroid dienone is 10. The average Bonchev–Trinajstić information content (AvgIpc) is 2.37. The zero-order valence-corrected chi connectivity index (χ0v) is 14.5. The Kier molecular flexibility index (Phi) is 10.3. The molecule has 0 bridgehead atoms. The van der Waals surface area contributed by atoms with Gasteiger partial charge in [-0.3, -0.25) is 0 Å². The van der Waals surface area contributed by atoms with Crippen molar-refractivity contribution in [3.63, 3.8) is 0 Å². The molecule has 0 saturated heterocycles. The number of rotatable bonds is 9. The van der Waals surface area contributed by atoms with Crippen molar-refractivity contribution < 1.29 is 0 Å². The van der Waals surface area contributed by atoms with Crippen molar-refractivity contribution in [2.75, 3.05) is 0 Å². The maximum atomic E-state index is 3.99. The molecule has 0 aromatic carbocycles. The first-order chi connectivity index (χ1) is 9.88. The Balaban J connectivity index is 4.91. The molecule has 0 nitrogen and oxygen atoms in total. The van der Waals surface area contributed by atoms with E-state index in [2.05, 4.69) is 71.2 Å². The molecular weight excluding hydrogens is 252 g/mol. The van der Waals surface area contributed by atoms with Gasteiger partial charge in [0.15, 0.2) is 0 Å². The molecule has 0 aromatic rings. The molecular formula is C21H32. The zero-order chi connectivity index (χ0) is 16.3. The standard InChI is InChI=1S/C21H32/c1-8-10-11-12-21(15-18(5)9-2)16-20(7)14-19(6)13-17(3)4/h8-12,14-15,17,20H,2,5,13,16H2,1,3-4,6-7H3. The summed E-state index contributed by atoms with van der Waals surface area (Å²) in [6, 6.07) is 0. The van der Waals surface area contributed by atoms with Crippen molar-refractivity contribution in [3.05, 3.63) is 72.4 Å². The van der Waals surface area contributed by atoms with Gasteiger partial charge in [-0.25, -0.2) is 0 Å². The van der Waals surface area contributed by atoms with Crippen LogP contribution in [-0.2, 0) is 0 Å². The van der Waals surface area contributed by atoms with Crippen LogP contribution >= 0.6 is 0 Å². The van der Waals surface area contributed by atoms with Gasteiger partial charge in [0, 0.05) is 0 Å². The molecule has 0 amide bonds. The Morgan fingerprint density at radius 1 is 1.10 bits per heavy atom. The monoisotopic (exact) mass is 284 g/mol. The van der Waals surface area contributed by atoms with Gasteiger partial charge in [0.05, 0.1) is 0 Å². The lowest BCUT2D eigenvalue weighted by Gasteiger charge is -2.11. The van der Waals surface area contributed by atoms with Crippen LogP contribution in [-0.4, -0.2) is 0 Å². The summed E-state index contributed by atoms with van der Waals surface area (Å²) in [7, 11) is 0. The predicted molar refractivity (Wildman–Crippen MR) is 98.4 cm³/mol. The first-order valence-electron chi connectivity index (χ1n) is 7.87. The van der Waals surface area contributed by atoms with Crippen molar-refractivity contribution >= 4 is 0 Å². The van der Waals surface area contributed by atoms with E-state index in [0.29, 0.717) is 5.92 Å². The van der Waals surface area contributed by atoms with Crippen molar-refractivity contribution in [2.24, 2.45) is 11.8 Å². The van der Waals surface area contributed by atoms with Crippen molar-refractivity contribution in [1.29, 1.82) is 0 Å². The molecule has 0 aliphatic carbocycles. The third-order valence-corrected chi connectivity index (χ3v) is 3.10. The summed E-state index contributed by atoms with van der Waals surface area (Å²) in [6.45, 7) is 18.8. The molecule has 0 spiro atoms. The summed E-state index contributed by atoms with van der Waals surface area (Å²) in [6.07, 6.45) is 16.8. The Hall–Kier alpha value is -1.56. The van der Waals surface area contributed by atoms with Gasteiger partial charge in [-0.2, -0.15) is 0 Å². The lowest BCUT2D eigenvalue weighted by Crippen LogP contribution is -1.96. The smallest absolute Gasteiger partial charge is 0.0218 e. The second-order valence-corrected chi connectivity index (χ2v) is 6.18. The fraction of sp³-hybridized carbons (Fsp3) is 0.429. The van der Waals surface area contributed by atoms with Crippen LogP contribution in [0.15, 0.2) is 72.4 Å². The van der Waals surface area contributed by atoms with Gasteiger partial charge in [-0.05, 0) is 49.7 Å². The number of hydrogen-bond donors (Lipinski definition) is 0. The van der Waals surface area contributed by atoms with Crippen LogP contribution in [0.4, 0.5) is 0 Å². The third-order valence-electron chi connectivity index (χ3n) is 3.10. The van der Waals surface area contributed by atoms with Gasteiger partial charge in [0.2, 0.25) is 0 Å². The van der Waals surface area contributed by atoms with E-state index in [1.807, 2.05) is 13.0 Å². The quantitative estimate of drug-likeness (QED) is 0.322. The Labute approximate surface area is 132 Å². The van der Waals surface area contributed by atoms with Crippen LogP contribution in [0.3, 0.4) is 0 Å². The fourth-order valence-corrected chi connectivity index (χ4v) is 2.39. The molecule has 21 heavy (non-hydrogen) atoms. The highest BCUT2D eigenvalue weighted by Crippen LogP contribution is 2.20. The van der Waals surface area contributed by atoms with Gasteiger partial charge in [-0.15, -0.1) is 0 Å². The lowest BCUT2D eigenvalue weighted by molar-refractivity contribution is 0.629. The van der Waals surface area contributed by atoms with Crippen LogP contribution in [0.25, 0.3) is 0 Å². The van der Waals surface area contributed by atoms with E-state index < -0.39 is 0 Å². The Morgan fingerprint density at radius 2 is 1.76 bits per heavy atom. The molecule has 0 heteroatoms. The van der Waals surface area contributed by atoms with Crippen molar-refractivity contribution in [3.8, 4) is 0 Å². The molecule has 0 rings (SSSR count). The molecule has 1 unspecified atom stereocenters. The average molecular weight is 284 g/mol. The highest BCUT2D eigenvalue weighted by Gasteiger charge is 2.03. The van der Waals surface area contributed by atoms with Gasteiger partial charge < -0.3 is 0 Å². The van der Waals surface area contributed by atoms with E-state index in [-0.39, 0.29) is 0 Å². The zero-order valence-electron chi connectivity index (χ0n) is 14.5. The normalized spacial score (nSPS) is 15.1. The van der Waals surface area contributed by atoms with Gasteiger partial charge in [0.1, 0.15) is 0 Å². The molecule has 116 valence electrons. The van der Waals surface area contributed by atoms with Crippen molar-refractivity contribution in [2.45, 2.75) is 47.5 Å². The lowest BCUT2D eigenvalue weighted by atomic mass is 9.94. The molecule has 0 heterocycles. The largest absolute Gasteiger partial charge is 0.0985 e. The van der Waals surface area contributed by atoms with Crippen LogP contribution in [0.2, 0.25) is 0 Å². The molecule has 0 radical (unpaired) electrons. The molecule has 0 aromatic heterocycles. The van der Waals surface area contributed by atoms with Crippen LogP contribution < -0.4 is 0 Å². The molecule has 1 atom stereocenters. The summed E-state index contributed by atoms with van der Waals surface area (Å²) < 4.78 is 0. The predicted octanol–water partition coefficient (Wildman–Crippen LogP) is 6.81. The summed E-state index contributed by atoms with van der Waals surface area (Å²) in [4.78, 5) is 0. The summed E-state index contributed by atoms with van der Waals surface area (Å²) >= 11 is 0. The SMILES string of the molecule is C=CC(=C)C=C(C=CC=CC)CC(C)C=C(C)CC(C)C. The van der Waals surface area contributed by atoms with Crippen LogP contribution in [0.5, 0.6) is 0 Å². The van der Waals surface area contributed by atoms with Gasteiger partial charge in [0.25, 0.3) is 0 Å². The van der Waals surface area contributed by atoms with Crippen LogP contribution in [0.1, 0.15) is 47.5 Å². The second kappa shape index (κ2) is 11.1. The van der Waals surface area contributed by atoms with E-state index in [1.165, 1.54) is 17.6 Å². The minimum absolute atomic E-state index is 0.530. The first-order valence-corrected chi connectivity index (χ1v) is 7.87. The Morgan fingerprint density at radius 3 is 2.29 bits per heavy atom. The van der Waals surface area contributed by atoms with E-state index in [4.69, 9.17) is 0 Å². The third kappa shape index (κ3) is 10.8. The second-order valence-electron chi connectivity index (χ2n) is 6.18. The Bertz CT molecular complexity index is 439. The van der Waals surface area contributed by atoms with E-state index in [1.54, 1.807) is 6.08 Å². The van der Waals surface area contributed by atoms with Gasteiger partial charge in [-0.1, -0.05) is 82.0 Å². The summed E-state index contributed by atoms with van der Waals surface area (Å²) in [5.74, 6) is 1.25. The number of hydrogen-bond acceptors (Lipinski definition) is 0. The molecule has 0 fully saturated rings. The highest BCUT2D eigenvalue weighted by molar-refractivity contribution is 5.35. The van der Waals surface area contributed by atoms with E-state index in [9.17, 15) is 0 Å². The molecule has 0 aliphatic rings. The van der Waals surface area contributed by atoms with Crippen molar-refractivity contribution in [1.82, 2.24) is 0 Å². The molecule has 0 aliphatic heterocycles.